The van der Waals surface area contributed by atoms with E-state index in [1.54, 1.807) is 29.2 Å². The molecule has 1 N–H and O–H groups in total. The summed E-state index contributed by atoms with van der Waals surface area (Å²) >= 11 is 1.48. The fraction of sp³-hybridized carbons (Fsp3) is 0.286. The molecule has 1 heterocycles. The molecule has 2 amide bonds. The second-order valence-electron chi connectivity index (χ2n) is 6.37. The van der Waals surface area contributed by atoms with E-state index in [0.717, 1.165) is 10.6 Å². The zero-order valence-corrected chi connectivity index (χ0v) is 17.0. The number of carbonyl (C=O) groups is 3. The van der Waals surface area contributed by atoms with E-state index < -0.39 is 18.0 Å². The van der Waals surface area contributed by atoms with Crippen molar-refractivity contribution in [3.05, 3.63) is 48.5 Å². The van der Waals surface area contributed by atoms with E-state index in [9.17, 15) is 14.4 Å². The largest absolute Gasteiger partial charge is 0.495 e. The molecule has 0 radical (unpaired) electrons. The Balaban J connectivity index is 1.54. The summed E-state index contributed by atoms with van der Waals surface area (Å²) in [5.74, 6) is -0.207. The molecule has 3 rings (SSSR count). The number of rotatable bonds is 7. The van der Waals surface area contributed by atoms with Crippen molar-refractivity contribution < 1.29 is 23.9 Å². The monoisotopic (exact) mass is 414 g/mol. The summed E-state index contributed by atoms with van der Waals surface area (Å²) in [4.78, 5) is 39.4. The van der Waals surface area contributed by atoms with Crippen LogP contribution in [0.4, 0.5) is 11.4 Å². The quantitative estimate of drug-likeness (QED) is 0.701. The number of methoxy groups -OCH3 is 1. The number of anilines is 2. The number of ether oxygens (including phenoxy) is 2. The lowest BCUT2D eigenvalue weighted by Crippen LogP contribution is -2.38. The molecular formula is C21H22N2O5S. The summed E-state index contributed by atoms with van der Waals surface area (Å²) in [6.07, 6.45) is -0.982. The van der Waals surface area contributed by atoms with Gasteiger partial charge in [0, 0.05) is 11.4 Å². The molecule has 152 valence electrons. The van der Waals surface area contributed by atoms with Crippen LogP contribution >= 0.6 is 11.8 Å². The second kappa shape index (κ2) is 9.47. The van der Waals surface area contributed by atoms with Crippen LogP contribution in [0.2, 0.25) is 0 Å². The Bertz CT molecular complexity index is 917. The molecule has 2 aromatic carbocycles. The van der Waals surface area contributed by atoms with E-state index >= 15 is 0 Å². The van der Waals surface area contributed by atoms with Crippen LogP contribution in [-0.4, -0.2) is 43.3 Å². The third-order valence-corrected chi connectivity index (χ3v) is 5.44. The van der Waals surface area contributed by atoms with Crippen LogP contribution in [0.5, 0.6) is 5.75 Å². The lowest BCUT2D eigenvalue weighted by atomic mass is 10.2. The molecule has 1 aliphatic rings. The number of thioether (sulfide) groups is 1. The predicted molar refractivity (Wildman–Crippen MR) is 111 cm³/mol. The molecule has 8 heteroatoms. The van der Waals surface area contributed by atoms with Crippen molar-refractivity contribution in [3.63, 3.8) is 0 Å². The number of hydrogen-bond acceptors (Lipinski definition) is 6. The smallest absolute Gasteiger partial charge is 0.308 e. The van der Waals surface area contributed by atoms with Gasteiger partial charge in [0.1, 0.15) is 5.75 Å². The Morgan fingerprint density at radius 1 is 1.17 bits per heavy atom. The summed E-state index contributed by atoms with van der Waals surface area (Å²) in [6.45, 7) is 1.71. The maximum atomic E-state index is 12.3. The molecular weight excluding hydrogens is 392 g/mol. The highest BCUT2D eigenvalue weighted by molar-refractivity contribution is 8.00. The van der Waals surface area contributed by atoms with E-state index in [1.807, 2.05) is 24.3 Å². The molecule has 1 atom stereocenters. The number of nitrogens with zero attached hydrogens (tertiary/aromatic N) is 1. The lowest BCUT2D eigenvalue weighted by molar-refractivity contribution is -0.152. The van der Waals surface area contributed by atoms with E-state index in [-0.39, 0.29) is 18.9 Å². The molecule has 0 unspecified atom stereocenters. The molecule has 0 aliphatic carbocycles. The van der Waals surface area contributed by atoms with Gasteiger partial charge in [0.05, 0.1) is 30.7 Å². The number of esters is 1. The van der Waals surface area contributed by atoms with Crippen molar-refractivity contribution in [2.45, 2.75) is 24.3 Å². The Morgan fingerprint density at radius 3 is 2.69 bits per heavy atom. The van der Waals surface area contributed by atoms with Crippen LogP contribution in [0.25, 0.3) is 0 Å². The van der Waals surface area contributed by atoms with Crippen molar-refractivity contribution >= 4 is 40.9 Å². The first-order valence-corrected chi connectivity index (χ1v) is 10.1. The van der Waals surface area contributed by atoms with Gasteiger partial charge in [-0.05, 0) is 31.2 Å². The van der Waals surface area contributed by atoms with E-state index in [2.05, 4.69) is 5.32 Å². The fourth-order valence-electron chi connectivity index (χ4n) is 2.89. The molecule has 2 aromatic rings. The highest BCUT2D eigenvalue weighted by Crippen LogP contribution is 2.34. The van der Waals surface area contributed by atoms with Crippen LogP contribution in [0.1, 0.15) is 13.3 Å². The van der Waals surface area contributed by atoms with Crippen LogP contribution in [0.3, 0.4) is 0 Å². The third kappa shape index (κ3) is 5.08. The maximum absolute atomic E-state index is 12.3. The van der Waals surface area contributed by atoms with Gasteiger partial charge in [0.15, 0.2) is 6.10 Å². The van der Waals surface area contributed by atoms with E-state index in [4.69, 9.17) is 9.47 Å². The first-order chi connectivity index (χ1) is 14.0. The van der Waals surface area contributed by atoms with Crippen LogP contribution < -0.4 is 15.0 Å². The molecule has 0 bridgehead atoms. The zero-order valence-electron chi connectivity index (χ0n) is 16.2. The van der Waals surface area contributed by atoms with Crippen molar-refractivity contribution in [1.82, 2.24) is 0 Å². The summed E-state index contributed by atoms with van der Waals surface area (Å²) < 4.78 is 10.4. The average molecular weight is 414 g/mol. The van der Waals surface area contributed by atoms with Gasteiger partial charge in [0.25, 0.3) is 5.91 Å². The number of fused-ring (bicyclic) bond motifs is 1. The van der Waals surface area contributed by atoms with E-state index in [0.29, 0.717) is 17.2 Å². The first-order valence-electron chi connectivity index (χ1n) is 9.15. The summed E-state index contributed by atoms with van der Waals surface area (Å²) in [5, 5.41) is 2.68. The van der Waals surface area contributed by atoms with E-state index in [1.165, 1.54) is 25.8 Å². The van der Waals surface area contributed by atoms with Gasteiger partial charge in [-0.3, -0.25) is 14.4 Å². The van der Waals surface area contributed by atoms with Gasteiger partial charge in [0.2, 0.25) is 5.91 Å². The minimum atomic E-state index is -0.979. The highest BCUT2D eigenvalue weighted by atomic mass is 32.2. The average Bonchev–Trinajstić information content (AvgIpc) is 2.73. The zero-order chi connectivity index (χ0) is 20.8. The van der Waals surface area contributed by atoms with Crippen molar-refractivity contribution in [2.75, 3.05) is 29.6 Å². The van der Waals surface area contributed by atoms with Crippen molar-refractivity contribution in [2.24, 2.45) is 0 Å². The number of benzene rings is 2. The number of carbonyl (C=O) groups excluding carboxylic acids is 3. The first kappa shape index (κ1) is 20.7. The Morgan fingerprint density at radius 2 is 1.90 bits per heavy atom. The minimum absolute atomic E-state index is 0.00296. The molecule has 29 heavy (non-hydrogen) atoms. The molecule has 7 nitrogen and oxygen atoms in total. The predicted octanol–water partition coefficient (Wildman–Crippen LogP) is 3.09. The summed E-state index contributed by atoms with van der Waals surface area (Å²) in [6, 6.07) is 14.5. The molecule has 0 aromatic heterocycles. The van der Waals surface area contributed by atoms with Crippen molar-refractivity contribution in [3.8, 4) is 5.75 Å². The van der Waals surface area contributed by atoms with Crippen LogP contribution in [0, 0.1) is 0 Å². The van der Waals surface area contributed by atoms with Crippen LogP contribution in [-0.2, 0) is 19.1 Å². The van der Waals surface area contributed by atoms with Gasteiger partial charge in [-0.15, -0.1) is 11.8 Å². The molecule has 0 spiro atoms. The van der Waals surface area contributed by atoms with Gasteiger partial charge < -0.3 is 19.7 Å². The van der Waals surface area contributed by atoms with Crippen molar-refractivity contribution in [1.29, 1.82) is 0 Å². The number of nitrogens with one attached hydrogen (secondary N) is 1. The number of amides is 2. The third-order valence-electron chi connectivity index (χ3n) is 4.39. The molecule has 0 saturated carbocycles. The van der Waals surface area contributed by atoms with Gasteiger partial charge in [-0.2, -0.15) is 0 Å². The molecule has 1 aliphatic heterocycles. The van der Waals surface area contributed by atoms with Gasteiger partial charge >= 0.3 is 5.97 Å². The van der Waals surface area contributed by atoms with Crippen LogP contribution in [0.15, 0.2) is 53.4 Å². The number of hydrogen-bond donors (Lipinski definition) is 1. The normalized spacial score (nSPS) is 14.0. The second-order valence-corrected chi connectivity index (χ2v) is 7.39. The maximum Gasteiger partial charge on any atom is 0.308 e. The van der Waals surface area contributed by atoms with Gasteiger partial charge in [-0.25, -0.2) is 0 Å². The Hall–Kier alpha value is -3.00. The topological polar surface area (TPSA) is 84.9 Å². The SMILES string of the molecule is COc1ccccc1NC(=O)[C@@H](C)OC(=O)CCN1C(=O)CSc2ccccc21. The van der Waals surface area contributed by atoms with Gasteiger partial charge in [-0.1, -0.05) is 24.3 Å². The Kier molecular flexibility index (Phi) is 6.77. The molecule has 0 saturated heterocycles. The summed E-state index contributed by atoms with van der Waals surface area (Å²) in [7, 11) is 1.51. The number of para-hydroxylation sites is 3. The highest BCUT2D eigenvalue weighted by Gasteiger charge is 2.26. The Labute approximate surface area is 173 Å². The summed E-state index contributed by atoms with van der Waals surface area (Å²) in [5.41, 5.74) is 1.29. The molecule has 0 fully saturated rings. The fourth-order valence-corrected chi connectivity index (χ4v) is 3.83. The lowest BCUT2D eigenvalue weighted by Gasteiger charge is -2.28. The minimum Gasteiger partial charge on any atom is -0.495 e. The standard InChI is InChI=1S/C21H22N2O5S/c1-14(21(26)22-15-7-3-5-9-17(15)27-2)28-20(25)11-12-23-16-8-4-6-10-18(16)29-13-19(23)24/h3-10,14H,11-13H2,1-2H3,(H,22,26)/t14-/m1/s1.